The molecule has 0 atom stereocenters. The Balaban J connectivity index is 1.49. The number of hydrogen-bond donors (Lipinski definition) is 2. The lowest BCUT2D eigenvalue weighted by molar-refractivity contribution is -0.115. The fourth-order valence-electron chi connectivity index (χ4n) is 3.32. The quantitative estimate of drug-likeness (QED) is 0.419. The smallest absolute Gasteiger partial charge is 0.229 e. The maximum absolute atomic E-state index is 13.8. The minimum Gasteiger partial charge on any atom is -0.493 e. The molecular formula is C24H20F2N4O3. The van der Waals surface area contributed by atoms with Gasteiger partial charge in [-0.1, -0.05) is 6.07 Å². The van der Waals surface area contributed by atoms with Gasteiger partial charge in [-0.05, 0) is 42.5 Å². The molecule has 168 valence electrons. The number of hydrogen-bond acceptors (Lipinski definition) is 6. The second kappa shape index (κ2) is 9.47. The first-order chi connectivity index (χ1) is 16.0. The molecule has 1 heterocycles. The summed E-state index contributed by atoms with van der Waals surface area (Å²) >= 11 is 0. The average molecular weight is 450 g/mol. The number of methoxy groups -OCH3 is 2. The van der Waals surface area contributed by atoms with Crippen LogP contribution in [0.2, 0.25) is 0 Å². The van der Waals surface area contributed by atoms with Crippen LogP contribution in [0.5, 0.6) is 11.5 Å². The third-order valence-corrected chi connectivity index (χ3v) is 4.97. The van der Waals surface area contributed by atoms with Crippen molar-refractivity contribution in [1.82, 2.24) is 9.97 Å². The molecule has 0 aliphatic rings. The van der Waals surface area contributed by atoms with Gasteiger partial charge in [-0.25, -0.2) is 18.7 Å². The molecule has 1 aromatic heterocycles. The standard InChI is InChI=1S/C24H20F2N4O3/c1-32-21-10-17-20(12-22(21)33-2)27-13-28-24(17)30-15-8-6-14(7-9-15)29-23(31)11-16-18(25)4-3-5-19(16)26/h3-10,12-13H,11H2,1-2H3,(H,29,31)(H,27,28,30). The van der Waals surface area contributed by atoms with Crippen LogP contribution in [0.3, 0.4) is 0 Å². The second-order valence-corrected chi connectivity index (χ2v) is 7.07. The summed E-state index contributed by atoms with van der Waals surface area (Å²) in [6.45, 7) is 0. The molecule has 1 amide bonds. The van der Waals surface area contributed by atoms with Gasteiger partial charge in [0.05, 0.1) is 26.2 Å². The summed E-state index contributed by atoms with van der Waals surface area (Å²) in [6, 6.07) is 13.9. The topological polar surface area (TPSA) is 85.4 Å². The highest BCUT2D eigenvalue weighted by molar-refractivity contribution is 5.94. The fraction of sp³-hybridized carbons (Fsp3) is 0.125. The van der Waals surface area contributed by atoms with Crippen molar-refractivity contribution < 1.29 is 23.0 Å². The predicted octanol–water partition coefficient (Wildman–Crippen LogP) is 4.85. The van der Waals surface area contributed by atoms with Crippen LogP contribution in [0.1, 0.15) is 5.56 Å². The second-order valence-electron chi connectivity index (χ2n) is 7.07. The Morgan fingerprint density at radius 1 is 0.909 bits per heavy atom. The van der Waals surface area contributed by atoms with E-state index < -0.39 is 24.0 Å². The summed E-state index contributed by atoms with van der Waals surface area (Å²) in [6.07, 6.45) is 1.03. The highest BCUT2D eigenvalue weighted by atomic mass is 19.1. The van der Waals surface area contributed by atoms with Crippen LogP contribution in [0.4, 0.5) is 26.0 Å². The summed E-state index contributed by atoms with van der Waals surface area (Å²) < 4.78 is 38.2. The minimum absolute atomic E-state index is 0.268. The van der Waals surface area contributed by atoms with Gasteiger partial charge >= 0.3 is 0 Å². The third kappa shape index (κ3) is 4.82. The molecule has 0 fully saturated rings. The van der Waals surface area contributed by atoms with E-state index in [1.165, 1.54) is 12.4 Å². The first kappa shape index (κ1) is 21.9. The number of carbonyl (C=O) groups excluding carboxylic acids is 1. The van der Waals surface area contributed by atoms with E-state index in [9.17, 15) is 13.6 Å². The van der Waals surface area contributed by atoms with E-state index in [-0.39, 0.29) is 5.56 Å². The van der Waals surface area contributed by atoms with Gasteiger partial charge in [0, 0.05) is 28.4 Å². The largest absolute Gasteiger partial charge is 0.493 e. The zero-order valence-electron chi connectivity index (χ0n) is 17.9. The van der Waals surface area contributed by atoms with E-state index >= 15 is 0 Å². The zero-order chi connectivity index (χ0) is 23.4. The number of nitrogens with zero attached hydrogens (tertiary/aromatic N) is 2. The average Bonchev–Trinajstić information content (AvgIpc) is 2.82. The molecule has 4 rings (SSSR count). The molecule has 0 aliphatic heterocycles. The van der Waals surface area contributed by atoms with Gasteiger partial charge < -0.3 is 20.1 Å². The van der Waals surface area contributed by atoms with Gasteiger partial charge in [0.2, 0.25) is 5.91 Å². The molecule has 0 bridgehead atoms. The van der Waals surface area contributed by atoms with E-state index in [0.29, 0.717) is 34.2 Å². The van der Waals surface area contributed by atoms with Crippen molar-refractivity contribution in [3.05, 3.63) is 78.1 Å². The van der Waals surface area contributed by atoms with Crippen molar-refractivity contribution in [1.29, 1.82) is 0 Å². The Bertz CT molecular complexity index is 1290. The molecule has 0 radical (unpaired) electrons. The molecule has 7 nitrogen and oxygen atoms in total. The number of rotatable bonds is 7. The van der Waals surface area contributed by atoms with Crippen molar-refractivity contribution >= 4 is 34.0 Å². The van der Waals surface area contributed by atoms with Crippen LogP contribution in [-0.4, -0.2) is 30.1 Å². The fourth-order valence-corrected chi connectivity index (χ4v) is 3.32. The number of anilines is 3. The van der Waals surface area contributed by atoms with E-state index in [1.807, 2.05) is 0 Å². The monoisotopic (exact) mass is 450 g/mol. The summed E-state index contributed by atoms with van der Waals surface area (Å²) in [5.74, 6) is -0.362. The maximum atomic E-state index is 13.8. The van der Waals surface area contributed by atoms with Crippen molar-refractivity contribution in [3.8, 4) is 11.5 Å². The maximum Gasteiger partial charge on any atom is 0.229 e. The van der Waals surface area contributed by atoms with Gasteiger partial charge in [0.25, 0.3) is 0 Å². The molecule has 3 aromatic carbocycles. The number of amides is 1. The molecule has 0 spiro atoms. The zero-order valence-corrected chi connectivity index (χ0v) is 17.9. The molecule has 0 saturated heterocycles. The van der Waals surface area contributed by atoms with E-state index in [2.05, 4.69) is 20.6 Å². The molecule has 33 heavy (non-hydrogen) atoms. The Kier molecular flexibility index (Phi) is 6.30. The molecule has 0 aliphatic carbocycles. The minimum atomic E-state index is -0.754. The number of halogens is 2. The Morgan fingerprint density at radius 2 is 1.55 bits per heavy atom. The number of nitrogens with one attached hydrogen (secondary N) is 2. The Hall–Kier alpha value is -4.27. The van der Waals surface area contributed by atoms with Crippen molar-refractivity contribution in [3.63, 3.8) is 0 Å². The summed E-state index contributed by atoms with van der Waals surface area (Å²) in [5.41, 5.74) is 1.61. The van der Waals surface area contributed by atoms with Gasteiger partial charge in [-0.2, -0.15) is 0 Å². The van der Waals surface area contributed by atoms with Crippen LogP contribution in [0.15, 0.2) is 60.9 Å². The van der Waals surface area contributed by atoms with Gasteiger partial charge in [-0.15, -0.1) is 0 Å². The van der Waals surface area contributed by atoms with Crippen molar-refractivity contribution in [2.75, 3.05) is 24.9 Å². The van der Waals surface area contributed by atoms with Crippen LogP contribution in [0, 0.1) is 11.6 Å². The molecular weight excluding hydrogens is 430 g/mol. The van der Waals surface area contributed by atoms with Crippen molar-refractivity contribution in [2.24, 2.45) is 0 Å². The molecule has 9 heteroatoms. The number of aromatic nitrogens is 2. The first-order valence-corrected chi connectivity index (χ1v) is 9.95. The number of fused-ring (bicyclic) bond motifs is 1. The lowest BCUT2D eigenvalue weighted by Crippen LogP contribution is -2.16. The molecule has 2 N–H and O–H groups in total. The van der Waals surface area contributed by atoms with E-state index in [0.717, 1.165) is 17.5 Å². The summed E-state index contributed by atoms with van der Waals surface area (Å²) in [4.78, 5) is 20.8. The normalized spacial score (nSPS) is 10.7. The van der Waals surface area contributed by atoms with Crippen LogP contribution in [0.25, 0.3) is 10.9 Å². The number of ether oxygens (including phenoxy) is 2. The van der Waals surface area contributed by atoms with Gasteiger partial charge in [0.15, 0.2) is 11.5 Å². The SMILES string of the molecule is COc1cc2ncnc(Nc3ccc(NC(=O)Cc4c(F)cccc4F)cc3)c2cc1OC. The lowest BCUT2D eigenvalue weighted by atomic mass is 10.1. The molecule has 4 aromatic rings. The van der Waals surface area contributed by atoms with Crippen LogP contribution in [-0.2, 0) is 11.2 Å². The highest BCUT2D eigenvalue weighted by Crippen LogP contribution is 2.34. The van der Waals surface area contributed by atoms with Gasteiger partial charge in [-0.3, -0.25) is 4.79 Å². The predicted molar refractivity (Wildman–Crippen MR) is 121 cm³/mol. The van der Waals surface area contributed by atoms with Crippen molar-refractivity contribution in [2.45, 2.75) is 6.42 Å². The van der Waals surface area contributed by atoms with E-state index in [1.54, 1.807) is 50.6 Å². The number of carbonyl (C=O) groups is 1. The summed E-state index contributed by atoms with van der Waals surface area (Å²) in [7, 11) is 3.10. The Morgan fingerprint density at radius 3 is 2.21 bits per heavy atom. The lowest BCUT2D eigenvalue weighted by Gasteiger charge is -2.12. The van der Waals surface area contributed by atoms with Gasteiger partial charge in [0.1, 0.15) is 23.8 Å². The third-order valence-electron chi connectivity index (χ3n) is 4.97. The molecule has 0 saturated carbocycles. The summed E-state index contributed by atoms with van der Waals surface area (Å²) in [5, 5.41) is 6.58. The van der Waals surface area contributed by atoms with Crippen LogP contribution >= 0.6 is 0 Å². The number of benzene rings is 3. The Labute approximate surface area is 188 Å². The van der Waals surface area contributed by atoms with Crippen LogP contribution < -0.4 is 20.1 Å². The first-order valence-electron chi connectivity index (χ1n) is 9.95. The highest BCUT2D eigenvalue weighted by Gasteiger charge is 2.14. The van der Waals surface area contributed by atoms with E-state index in [4.69, 9.17) is 9.47 Å². The molecule has 0 unspecified atom stereocenters.